The molecule has 4 nitrogen and oxygen atoms in total. The highest BCUT2D eigenvalue weighted by atomic mass is 32.1. The summed E-state index contributed by atoms with van der Waals surface area (Å²) in [6.07, 6.45) is -6.31. The van der Waals surface area contributed by atoms with E-state index in [1.165, 1.54) is 17.5 Å². The van der Waals surface area contributed by atoms with E-state index in [9.17, 15) is 35.9 Å². The fourth-order valence-electron chi connectivity index (χ4n) is 3.70. The van der Waals surface area contributed by atoms with Gasteiger partial charge in [-0.25, -0.2) is 0 Å². The van der Waals surface area contributed by atoms with E-state index in [0.717, 1.165) is 42.7 Å². The summed E-state index contributed by atoms with van der Waals surface area (Å²) in [5.41, 5.74) is -1.90. The van der Waals surface area contributed by atoms with E-state index in [1.54, 1.807) is 0 Å². The summed E-state index contributed by atoms with van der Waals surface area (Å²) >= 11 is 0.938. The van der Waals surface area contributed by atoms with E-state index in [1.807, 2.05) is 0 Å². The highest BCUT2D eigenvalue weighted by molar-refractivity contribution is 7.10. The third kappa shape index (κ3) is 5.62. The molecule has 1 fully saturated rings. The topological polar surface area (TPSA) is 49.4 Å². The van der Waals surface area contributed by atoms with Gasteiger partial charge in [-0.3, -0.25) is 14.5 Å². The summed E-state index contributed by atoms with van der Waals surface area (Å²) in [4.78, 5) is 25.8. The van der Waals surface area contributed by atoms with Crippen molar-refractivity contribution in [2.24, 2.45) is 0 Å². The maximum absolute atomic E-state index is 13.5. The second-order valence-electron chi connectivity index (χ2n) is 7.48. The maximum atomic E-state index is 13.5. The predicted molar refractivity (Wildman–Crippen MR) is 107 cm³/mol. The van der Waals surface area contributed by atoms with Gasteiger partial charge < -0.3 is 5.32 Å². The number of carbonyl (C=O) groups is 2. The molecule has 2 aromatic rings. The van der Waals surface area contributed by atoms with E-state index in [4.69, 9.17) is 0 Å². The number of carbonyl (C=O) groups excluding carboxylic acids is 2. The second-order valence-corrected chi connectivity index (χ2v) is 8.46. The van der Waals surface area contributed by atoms with E-state index in [0.29, 0.717) is 25.0 Å². The van der Waals surface area contributed by atoms with E-state index >= 15 is 0 Å². The van der Waals surface area contributed by atoms with Gasteiger partial charge in [0.15, 0.2) is 6.04 Å². The Balaban J connectivity index is 2.08. The highest BCUT2D eigenvalue weighted by Crippen LogP contribution is 2.38. The van der Waals surface area contributed by atoms with Crippen LogP contribution in [0.3, 0.4) is 0 Å². The van der Waals surface area contributed by atoms with Crippen LogP contribution in [-0.2, 0) is 15.8 Å². The third-order valence-electron chi connectivity index (χ3n) is 5.18. The number of rotatable bonds is 5. The first-order valence-electron chi connectivity index (χ1n) is 9.90. The summed E-state index contributed by atoms with van der Waals surface area (Å²) < 4.78 is 80.1. The minimum atomic E-state index is -5.41. The van der Waals surface area contributed by atoms with Crippen molar-refractivity contribution >= 4 is 28.8 Å². The molecule has 1 aromatic carbocycles. The normalized spacial score (nSPS) is 16.4. The summed E-state index contributed by atoms with van der Waals surface area (Å²) in [5, 5.41) is 4.21. The molecule has 0 spiro atoms. The second kappa shape index (κ2) is 9.51. The van der Waals surface area contributed by atoms with Crippen molar-refractivity contribution in [3.8, 4) is 0 Å². The molecule has 1 aromatic heterocycles. The van der Waals surface area contributed by atoms with Crippen LogP contribution in [0.1, 0.15) is 48.6 Å². The SMILES string of the molecule is O=C(NC1CCCCC1)[C@@H](c1cccs1)N(C(=O)C(F)(F)F)c1cccc(C(F)(F)F)c1. The number of anilines is 1. The molecule has 1 aliphatic rings. The zero-order valence-electron chi connectivity index (χ0n) is 16.7. The summed E-state index contributed by atoms with van der Waals surface area (Å²) in [7, 11) is 0. The monoisotopic (exact) mass is 478 g/mol. The van der Waals surface area contributed by atoms with Crippen LogP contribution in [0.15, 0.2) is 41.8 Å². The highest BCUT2D eigenvalue weighted by Gasteiger charge is 2.48. The van der Waals surface area contributed by atoms with Gasteiger partial charge in [-0.15, -0.1) is 11.3 Å². The van der Waals surface area contributed by atoms with Crippen molar-refractivity contribution in [2.75, 3.05) is 4.90 Å². The first-order valence-corrected chi connectivity index (χ1v) is 10.8. The van der Waals surface area contributed by atoms with Crippen LogP contribution in [0.4, 0.5) is 32.0 Å². The van der Waals surface area contributed by atoms with Crippen LogP contribution in [0.5, 0.6) is 0 Å². The van der Waals surface area contributed by atoms with E-state index in [2.05, 4.69) is 5.32 Å². The number of nitrogens with one attached hydrogen (secondary N) is 1. The molecule has 1 heterocycles. The average molecular weight is 478 g/mol. The Labute approximate surface area is 184 Å². The number of halogens is 6. The first-order chi connectivity index (χ1) is 15.0. The number of alkyl halides is 6. The van der Waals surface area contributed by atoms with Crippen LogP contribution >= 0.6 is 11.3 Å². The van der Waals surface area contributed by atoms with Gasteiger partial charge in [0.2, 0.25) is 5.91 Å². The van der Waals surface area contributed by atoms with Gasteiger partial charge in [0.05, 0.1) is 5.56 Å². The largest absolute Gasteiger partial charge is 0.471 e. The van der Waals surface area contributed by atoms with Gasteiger partial charge in [0, 0.05) is 16.6 Å². The molecular formula is C21H20F6N2O2S. The van der Waals surface area contributed by atoms with Crippen molar-refractivity contribution in [3.63, 3.8) is 0 Å². The molecule has 0 aliphatic heterocycles. The lowest BCUT2D eigenvalue weighted by molar-refractivity contribution is -0.171. The smallest absolute Gasteiger partial charge is 0.351 e. The number of hydrogen-bond acceptors (Lipinski definition) is 3. The number of benzene rings is 1. The van der Waals surface area contributed by atoms with Gasteiger partial charge in [-0.1, -0.05) is 31.4 Å². The van der Waals surface area contributed by atoms with Crippen molar-refractivity contribution < 1.29 is 35.9 Å². The van der Waals surface area contributed by atoms with Crippen LogP contribution in [0, 0.1) is 0 Å². The van der Waals surface area contributed by atoms with Crippen LogP contribution in [-0.4, -0.2) is 24.0 Å². The lowest BCUT2D eigenvalue weighted by atomic mass is 9.95. The molecule has 1 N–H and O–H groups in total. The summed E-state index contributed by atoms with van der Waals surface area (Å²) in [5.74, 6) is -3.29. The lowest BCUT2D eigenvalue weighted by Gasteiger charge is -2.33. The predicted octanol–water partition coefficient (Wildman–Crippen LogP) is 5.85. The Kier molecular flexibility index (Phi) is 7.16. The van der Waals surface area contributed by atoms with Gasteiger partial charge in [-0.05, 0) is 42.5 Å². The van der Waals surface area contributed by atoms with E-state index in [-0.39, 0.29) is 15.8 Å². The van der Waals surface area contributed by atoms with Crippen LogP contribution < -0.4 is 10.2 Å². The molecule has 1 aliphatic carbocycles. The number of nitrogens with zero attached hydrogens (tertiary/aromatic N) is 1. The summed E-state index contributed by atoms with van der Waals surface area (Å²) in [6, 6.07) is 3.80. The Morgan fingerprint density at radius 1 is 1.00 bits per heavy atom. The van der Waals surface area contributed by atoms with Crippen molar-refractivity contribution in [2.45, 2.75) is 56.5 Å². The molecule has 1 saturated carbocycles. The number of thiophene rings is 1. The van der Waals surface area contributed by atoms with Gasteiger partial charge in [-0.2, -0.15) is 26.3 Å². The molecule has 0 saturated heterocycles. The Hall–Kier alpha value is -2.56. The molecule has 0 bridgehead atoms. The van der Waals surface area contributed by atoms with Crippen LogP contribution in [0.25, 0.3) is 0 Å². The van der Waals surface area contributed by atoms with E-state index < -0.39 is 41.5 Å². The molecule has 32 heavy (non-hydrogen) atoms. The molecular weight excluding hydrogens is 458 g/mol. The Bertz CT molecular complexity index is 937. The molecule has 2 amide bonds. The zero-order chi connectivity index (χ0) is 23.5. The fourth-order valence-corrected chi connectivity index (χ4v) is 4.51. The molecule has 174 valence electrons. The molecule has 11 heteroatoms. The standard InChI is InChI=1S/C21H20F6N2O2S/c22-20(23,24)13-6-4-9-15(12-13)29(19(31)21(25,26)27)17(16-10-5-11-32-16)18(30)28-14-7-2-1-3-8-14/h4-6,9-12,14,17H,1-3,7-8H2,(H,28,30)/t17-/m1/s1. The van der Waals surface area contributed by atoms with Crippen LogP contribution in [0.2, 0.25) is 0 Å². The average Bonchev–Trinajstić information content (AvgIpc) is 3.25. The fraction of sp³-hybridized carbons (Fsp3) is 0.429. The number of hydrogen-bond donors (Lipinski definition) is 1. The van der Waals surface area contributed by atoms with Crippen molar-refractivity contribution in [3.05, 3.63) is 52.2 Å². The Morgan fingerprint density at radius 3 is 2.25 bits per heavy atom. The molecule has 0 unspecified atom stereocenters. The van der Waals surface area contributed by atoms with Gasteiger partial charge in [0.1, 0.15) is 0 Å². The molecule has 3 rings (SSSR count). The molecule has 0 radical (unpaired) electrons. The lowest BCUT2D eigenvalue weighted by Crippen LogP contribution is -2.50. The minimum absolute atomic E-state index is 0.105. The first kappa shape index (κ1) is 24.1. The van der Waals surface area contributed by atoms with Crippen molar-refractivity contribution in [1.29, 1.82) is 0 Å². The van der Waals surface area contributed by atoms with Gasteiger partial charge in [0.25, 0.3) is 0 Å². The minimum Gasteiger partial charge on any atom is -0.351 e. The van der Waals surface area contributed by atoms with Crippen molar-refractivity contribution in [1.82, 2.24) is 5.32 Å². The third-order valence-corrected chi connectivity index (χ3v) is 6.11. The van der Waals surface area contributed by atoms with Gasteiger partial charge >= 0.3 is 18.3 Å². The number of amides is 2. The maximum Gasteiger partial charge on any atom is 0.471 e. The quantitative estimate of drug-likeness (QED) is 0.548. The summed E-state index contributed by atoms with van der Waals surface area (Å²) in [6.45, 7) is 0. The Morgan fingerprint density at radius 2 is 1.69 bits per heavy atom. The zero-order valence-corrected chi connectivity index (χ0v) is 17.5. The molecule has 1 atom stereocenters.